The third-order valence-corrected chi connectivity index (χ3v) is 3.44. The van der Waals surface area contributed by atoms with Crippen LogP contribution in [0.5, 0.6) is 0 Å². The lowest BCUT2D eigenvalue weighted by molar-refractivity contribution is -0.192. The second kappa shape index (κ2) is 6.54. The van der Waals surface area contributed by atoms with Gasteiger partial charge in [0.15, 0.2) is 0 Å². The Morgan fingerprint density at radius 1 is 1.15 bits per heavy atom. The van der Waals surface area contributed by atoms with E-state index in [-0.39, 0.29) is 5.92 Å². The van der Waals surface area contributed by atoms with Gasteiger partial charge in [0.05, 0.1) is 6.10 Å². The topological polar surface area (TPSA) is 21.3 Å². The maximum Gasteiger partial charge on any atom is 0.411 e. The molecule has 1 aliphatic rings. The summed E-state index contributed by atoms with van der Waals surface area (Å²) in [6.07, 6.45) is -3.50. The summed E-state index contributed by atoms with van der Waals surface area (Å²) in [6, 6.07) is 5.50. The summed E-state index contributed by atoms with van der Waals surface area (Å²) in [6.45, 7) is 0.244. The molecule has 0 bridgehead atoms. The van der Waals surface area contributed by atoms with E-state index in [4.69, 9.17) is 4.74 Å². The second-order valence-electron chi connectivity index (χ2n) is 4.99. The van der Waals surface area contributed by atoms with Crippen molar-refractivity contribution in [2.24, 2.45) is 5.92 Å². The first-order chi connectivity index (χ1) is 9.46. The maximum absolute atomic E-state index is 12.9. The summed E-state index contributed by atoms with van der Waals surface area (Å²) in [5, 5.41) is 3.16. The first-order valence-electron chi connectivity index (χ1n) is 6.60. The lowest BCUT2D eigenvalue weighted by atomic mass is 9.88. The van der Waals surface area contributed by atoms with Gasteiger partial charge in [-0.2, -0.15) is 13.2 Å². The standard InChI is InChI=1S/C14H17F4NO/c15-12-3-1-10(2-4-12)13(20-9-14(16,17)18)11-5-7-19-8-6-11/h1-4,11,13,19H,5-9H2. The van der Waals surface area contributed by atoms with Gasteiger partial charge in [-0.25, -0.2) is 4.39 Å². The van der Waals surface area contributed by atoms with Crippen molar-refractivity contribution in [3.05, 3.63) is 35.6 Å². The molecule has 20 heavy (non-hydrogen) atoms. The summed E-state index contributed by atoms with van der Waals surface area (Å²) >= 11 is 0. The van der Waals surface area contributed by atoms with E-state index in [1.165, 1.54) is 24.3 Å². The lowest BCUT2D eigenvalue weighted by Crippen LogP contribution is -2.33. The number of alkyl halides is 3. The molecule has 6 heteroatoms. The zero-order chi connectivity index (χ0) is 14.6. The molecular weight excluding hydrogens is 274 g/mol. The van der Waals surface area contributed by atoms with Crippen molar-refractivity contribution in [3.63, 3.8) is 0 Å². The Kier molecular flexibility index (Phi) is 4.99. The first-order valence-corrected chi connectivity index (χ1v) is 6.60. The van der Waals surface area contributed by atoms with Gasteiger partial charge in [0.25, 0.3) is 0 Å². The quantitative estimate of drug-likeness (QED) is 0.858. The number of ether oxygens (including phenoxy) is 1. The molecule has 0 radical (unpaired) electrons. The fraction of sp³-hybridized carbons (Fsp3) is 0.571. The number of piperidine rings is 1. The molecule has 0 aliphatic carbocycles. The van der Waals surface area contributed by atoms with Crippen molar-refractivity contribution in [3.8, 4) is 0 Å². The van der Waals surface area contributed by atoms with Gasteiger partial charge in [-0.15, -0.1) is 0 Å². The summed E-state index contributed by atoms with van der Waals surface area (Å²) < 4.78 is 55.1. The highest BCUT2D eigenvalue weighted by Crippen LogP contribution is 2.33. The largest absolute Gasteiger partial charge is 0.411 e. The predicted octanol–water partition coefficient (Wildman–Crippen LogP) is 3.45. The molecule has 1 unspecified atom stereocenters. The minimum atomic E-state index is -4.36. The molecular formula is C14H17F4NO. The SMILES string of the molecule is Fc1ccc(C(OCC(F)(F)F)C2CCNCC2)cc1. The average molecular weight is 291 g/mol. The Balaban J connectivity index is 2.12. The van der Waals surface area contributed by atoms with Crippen molar-refractivity contribution >= 4 is 0 Å². The van der Waals surface area contributed by atoms with Gasteiger partial charge in [-0.3, -0.25) is 0 Å². The summed E-state index contributed by atoms with van der Waals surface area (Å²) in [5.74, 6) is -0.391. The van der Waals surface area contributed by atoms with Crippen LogP contribution in [0.15, 0.2) is 24.3 Å². The van der Waals surface area contributed by atoms with Gasteiger partial charge in [-0.05, 0) is 49.5 Å². The Labute approximate surface area is 115 Å². The van der Waals surface area contributed by atoms with Gasteiger partial charge >= 0.3 is 6.18 Å². The van der Waals surface area contributed by atoms with E-state index in [9.17, 15) is 17.6 Å². The highest BCUT2D eigenvalue weighted by Gasteiger charge is 2.33. The smallest absolute Gasteiger partial charge is 0.364 e. The fourth-order valence-electron chi connectivity index (χ4n) is 2.49. The van der Waals surface area contributed by atoms with E-state index >= 15 is 0 Å². The number of hydrogen-bond acceptors (Lipinski definition) is 2. The molecule has 1 heterocycles. The number of rotatable bonds is 4. The van der Waals surface area contributed by atoms with Crippen LogP contribution in [0.1, 0.15) is 24.5 Å². The van der Waals surface area contributed by atoms with Crippen LogP contribution in [-0.4, -0.2) is 25.9 Å². The van der Waals surface area contributed by atoms with Crippen molar-refractivity contribution in [1.29, 1.82) is 0 Å². The van der Waals surface area contributed by atoms with Gasteiger partial charge in [0.1, 0.15) is 12.4 Å². The summed E-state index contributed by atoms with van der Waals surface area (Å²) in [4.78, 5) is 0. The molecule has 2 rings (SSSR count). The van der Waals surface area contributed by atoms with Crippen LogP contribution in [0.3, 0.4) is 0 Å². The molecule has 0 saturated carbocycles. The molecule has 0 amide bonds. The number of nitrogens with one attached hydrogen (secondary N) is 1. The van der Waals surface area contributed by atoms with Crippen LogP contribution in [0.4, 0.5) is 17.6 Å². The van der Waals surface area contributed by atoms with Crippen molar-refractivity contribution in [2.75, 3.05) is 19.7 Å². The van der Waals surface area contributed by atoms with Crippen LogP contribution in [0.25, 0.3) is 0 Å². The molecule has 1 aromatic carbocycles. The van der Waals surface area contributed by atoms with E-state index in [0.717, 1.165) is 25.9 Å². The summed E-state index contributed by atoms with van der Waals surface area (Å²) in [5.41, 5.74) is 0.600. The molecule has 1 N–H and O–H groups in total. The third kappa shape index (κ3) is 4.45. The normalized spacial score (nSPS) is 19.0. The highest BCUT2D eigenvalue weighted by atomic mass is 19.4. The van der Waals surface area contributed by atoms with E-state index in [2.05, 4.69) is 5.32 Å². The Bertz CT molecular complexity index is 412. The van der Waals surface area contributed by atoms with Gasteiger partial charge in [-0.1, -0.05) is 12.1 Å². The zero-order valence-electron chi connectivity index (χ0n) is 10.9. The Morgan fingerprint density at radius 3 is 2.30 bits per heavy atom. The van der Waals surface area contributed by atoms with Crippen LogP contribution in [-0.2, 0) is 4.74 Å². The minimum Gasteiger partial charge on any atom is -0.364 e. The number of hydrogen-bond donors (Lipinski definition) is 1. The number of benzene rings is 1. The van der Waals surface area contributed by atoms with E-state index in [1.807, 2.05) is 0 Å². The molecule has 1 fully saturated rings. The van der Waals surface area contributed by atoms with Crippen molar-refractivity contribution < 1.29 is 22.3 Å². The Hall–Kier alpha value is -1.14. The molecule has 1 atom stereocenters. The van der Waals surface area contributed by atoms with Gasteiger partial charge in [0, 0.05) is 0 Å². The Morgan fingerprint density at radius 2 is 1.75 bits per heavy atom. The summed E-state index contributed by atoms with van der Waals surface area (Å²) in [7, 11) is 0. The third-order valence-electron chi connectivity index (χ3n) is 3.44. The molecule has 1 aliphatic heterocycles. The van der Waals surface area contributed by atoms with E-state index in [1.54, 1.807) is 0 Å². The average Bonchev–Trinajstić information content (AvgIpc) is 2.41. The van der Waals surface area contributed by atoms with Crippen LogP contribution in [0, 0.1) is 11.7 Å². The molecule has 1 saturated heterocycles. The van der Waals surface area contributed by atoms with Crippen LogP contribution >= 0.6 is 0 Å². The van der Waals surface area contributed by atoms with E-state index < -0.39 is 24.7 Å². The molecule has 1 aromatic rings. The highest BCUT2D eigenvalue weighted by molar-refractivity contribution is 5.19. The number of halogens is 4. The fourth-order valence-corrected chi connectivity index (χ4v) is 2.49. The van der Waals surface area contributed by atoms with Crippen LogP contribution in [0.2, 0.25) is 0 Å². The zero-order valence-corrected chi connectivity index (χ0v) is 10.9. The first kappa shape index (κ1) is 15.3. The van der Waals surface area contributed by atoms with Crippen molar-refractivity contribution in [2.45, 2.75) is 25.1 Å². The minimum absolute atomic E-state index is 0.0176. The van der Waals surface area contributed by atoms with Gasteiger partial charge < -0.3 is 10.1 Å². The molecule has 0 spiro atoms. The van der Waals surface area contributed by atoms with E-state index in [0.29, 0.717) is 5.56 Å². The lowest BCUT2D eigenvalue weighted by Gasteiger charge is -2.31. The molecule has 2 nitrogen and oxygen atoms in total. The second-order valence-corrected chi connectivity index (χ2v) is 4.99. The molecule has 112 valence electrons. The van der Waals surface area contributed by atoms with Crippen LogP contribution < -0.4 is 5.32 Å². The van der Waals surface area contributed by atoms with Gasteiger partial charge in [0.2, 0.25) is 0 Å². The molecule has 0 aromatic heterocycles. The predicted molar refractivity (Wildman–Crippen MR) is 66.7 cm³/mol. The maximum atomic E-state index is 12.9. The monoisotopic (exact) mass is 291 g/mol. The van der Waals surface area contributed by atoms with Crippen molar-refractivity contribution in [1.82, 2.24) is 5.32 Å².